The second-order valence-electron chi connectivity index (χ2n) is 4.98. The average molecular weight is 549 g/mol. The molecule has 0 aliphatic heterocycles. The Balaban J connectivity index is 2.08. The second kappa shape index (κ2) is 8.14. The van der Waals surface area contributed by atoms with Crippen LogP contribution in [0.25, 0.3) is 0 Å². The lowest BCUT2D eigenvalue weighted by Crippen LogP contribution is -2.14. The number of hydrogen-bond acceptors (Lipinski definition) is 2. The molecule has 9 heteroatoms. The van der Waals surface area contributed by atoms with Crippen LogP contribution in [-0.2, 0) is 21.7 Å². The summed E-state index contributed by atoms with van der Waals surface area (Å²) < 4.78 is 39.7. The molecule has 0 amide bonds. The first-order valence-corrected chi connectivity index (χ1v) is 11.3. The zero-order valence-corrected chi connectivity index (χ0v) is 17.6. The van der Waals surface area contributed by atoms with Crippen LogP contribution in [0.2, 0.25) is 0 Å². The maximum Gasteiger partial charge on any atom is 0.399 e. The van der Waals surface area contributed by atoms with Crippen molar-refractivity contribution < 1.29 is 23.1 Å². The monoisotopic (exact) mass is 548 g/mol. The lowest BCUT2D eigenvalue weighted by atomic mass is 10.1. The lowest BCUT2D eigenvalue weighted by molar-refractivity contribution is 0.0557. The molecule has 0 unspecified atom stereocenters. The Morgan fingerprint density at radius 1 is 1.17 bits per heavy atom. The highest BCUT2D eigenvalue weighted by atomic mass is 127. The summed E-state index contributed by atoms with van der Waals surface area (Å²) in [5.41, 5.74) is -2.92. The molecular formula is C15H13BrF2IO3PS. The SMILES string of the molecule is O=P(O)(O)C(F)(F)c1ccc(CSCc2ccccc2I)cc1Br. The minimum absolute atomic E-state index is 0.0109. The van der Waals surface area contributed by atoms with Crippen molar-refractivity contribution in [1.82, 2.24) is 0 Å². The van der Waals surface area contributed by atoms with Gasteiger partial charge in [0.25, 0.3) is 0 Å². The van der Waals surface area contributed by atoms with Gasteiger partial charge < -0.3 is 9.79 Å². The summed E-state index contributed by atoms with van der Waals surface area (Å²) in [6, 6.07) is 12.0. The maximum absolute atomic E-state index is 13.8. The van der Waals surface area contributed by atoms with Crippen molar-refractivity contribution in [3.8, 4) is 0 Å². The smallest absolute Gasteiger partial charge is 0.320 e. The quantitative estimate of drug-likeness (QED) is 0.358. The third kappa shape index (κ3) is 4.80. The summed E-state index contributed by atoms with van der Waals surface area (Å²) in [4.78, 5) is 17.6. The number of hydrogen-bond donors (Lipinski definition) is 2. The molecule has 24 heavy (non-hydrogen) atoms. The predicted molar refractivity (Wildman–Crippen MR) is 104 cm³/mol. The van der Waals surface area contributed by atoms with Crippen LogP contribution in [0.4, 0.5) is 8.78 Å². The van der Waals surface area contributed by atoms with Crippen molar-refractivity contribution in [1.29, 1.82) is 0 Å². The fourth-order valence-electron chi connectivity index (χ4n) is 1.94. The van der Waals surface area contributed by atoms with Gasteiger partial charge in [0.2, 0.25) is 0 Å². The van der Waals surface area contributed by atoms with E-state index in [-0.39, 0.29) is 4.47 Å². The van der Waals surface area contributed by atoms with Crippen molar-refractivity contribution in [2.75, 3.05) is 0 Å². The summed E-state index contributed by atoms with van der Waals surface area (Å²) in [6.07, 6.45) is 0. The zero-order chi connectivity index (χ0) is 18.0. The van der Waals surface area contributed by atoms with Gasteiger partial charge in [0.05, 0.1) is 0 Å². The summed E-state index contributed by atoms with van der Waals surface area (Å²) in [5.74, 6) is 1.39. The summed E-state index contributed by atoms with van der Waals surface area (Å²) in [6.45, 7) is 0. The van der Waals surface area contributed by atoms with E-state index >= 15 is 0 Å². The first-order valence-electron chi connectivity index (χ1n) is 6.66. The zero-order valence-electron chi connectivity index (χ0n) is 12.1. The third-order valence-electron chi connectivity index (χ3n) is 3.21. The topological polar surface area (TPSA) is 57.5 Å². The van der Waals surface area contributed by atoms with E-state index in [2.05, 4.69) is 38.5 Å². The fraction of sp³-hybridized carbons (Fsp3) is 0.200. The van der Waals surface area contributed by atoms with Gasteiger partial charge in [-0.3, -0.25) is 4.57 Å². The van der Waals surface area contributed by atoms with Crippen molar-refractivity contribution in [2.24, 2.45) is 0 Å². The Bertz CT molecular complexity index is 785. The van der Waals surface area contributed by atoms with Gasteiger partial charge in [-0.1, -0.05) is 46.3 Å². The third-order valence-corrected chi connectivity index (χ3v) is 6.94. The number of alkyl halides is 2. The molecule has 0 heterocycles. The van der Waals surface area contributed by atoms with Crippen molar-refractivity contribution in [3.05, 3.63) is 67.2 Å². The van der Waals surface area contributed by atoms with Crippen LogP contribution in [0.3, 0.4) is 0 Å². The van der Waals surface area contributed by atoms with Crippen LogP contribution in [0.15, 0.2) is 46.9 Å². The fourth-order valence-corrected chi connectivity index (χ4v) is 5.11. The van der Waals surface area contributed by atoms with Crippen LogP contribution >= 0.6 is 57.9 Å². The van der Waals surface area contributed by atoms with Gasteiger partial charge in [-0.2, -0.15) is 20.5 Å². The molecule has 0 atom stereocenters. The highest BCUT2D eigenvalue weighted by Gasteiger charge is 2.51. The Kier molecular flexibility index (Phi) is 6.89. The molecule has 0 spiro atoms. The Labute approximate surface area is 164 Å². The highest BCUT2D eigenvalue weighted by Crippen LogP contribution is 2.60. The molecule has 0 fully saturated rings. The van der Waals surface area contributed by atoms with E-state index in [1.165, 1.54) is 21.3 Å². The minimum atomic E-state index is -5.57. The van der Waals surface area contributed by atoms with Gasteiger partial charge in [0, 0.05) is 25.1 Å². The van der Waals surface area contributed by atoms with Crippen molar-refractivity contribution in [2.45, 2.75) is 17.2 Å². The lowest BCUT2D eigenvalue weighted by Gasteiger charge is -2.19. The van der Waals surface area contributed by atoms with Gasteiger partial charge in [-0.15, -0.1) is 0 Å². The molecule has 0 aliphatic rings. The molecule has 0 aromatic heterocycles. The standard InChI is InChI=1S/C15H13BrF2IO3PS/c16-13-7-10(5-6-12(13)15(17,18)23(20,21)22)8-24-9-11-3-1-2-4-14(11)19/h1-7H,8-9H2,(H2,20,21,22). The molecule has 3 nitrogen and oxygen atoms in total. The summed E-state index contributed by atoms with van der Waals surface area (Å²) in [5, 5.41) is 0. The molecule has 130 valence electrons. The molecule has 0 radical (unpaired) electrons. The summed E-state index contributed by atoms with van der Waals surface area (Å²) in [7, 11) is -5.57. The Morgan fingerprint density at radius 3 is 2.42 bits per heavy atom. The van der Waals surface area contributed by atoms with Crippen molar-refractivity contribution >= 4 is 57.9 Å². The predicted octanol–water partition coefficient (Wildman–Crippen LogP) is 5.71. The van der Waals surface area contributed by atoms with E-state index in [0.717, 1.165) is 17.4 Å². The maximum atomic E-state index is 13.8. The molecule has 2 N–H and O–H groups in total. The van der Waals surface area contributed by atoms with Gasteiger partial charge in [0.1, 0.15) is 0 Å². The Morgan fingerprint density at radius 2 is 1.83 bits per heavy atom. The Hall–Kier alpha value is 0.01000. The van der Waals surface area contributed by atoms with E-state index in [9.17, 15) is 13.3 Å². The molecule has 2 aromatic carbocycles. The second-order valence-corrected chi connectivity index (χ2v) is 9.64. The molecule has 2 rings (SSSR count). The van der Waals surface area contributed by atoms with Crippen LogP contribution in [-0.4, -0.2) is 9.79 Å². The van der Waals surface area contributed by atoms with Gasteiger partial charge >= 0.3 is 13.3 Å². The van der Waals surface area contributed by atoms with Crippen LogP contribution in [0, 0.1) is 3.57 Å². The molecule has 0 saturated carbocycles. The number of thioether (sulfide) groups is 1. The average Bonchev–Trinajstić information content (AvgIpc) is 2.48. The van der Waals surface area contributed by atoms with Crippen molar-refractivity contribution in [3.63, 3.8) is 0 Å². The van der Waals surface area contributed by atoms with Gasteiger partial charge in [-0.05, 0) is 45.9 Å². The molecule has 2 aromatic rings. The van der Waals surface area contributed by atoms with Gasteiger partial charge in [-0.25, -0.2) is 0 Å². The first-order chi connectivity index (χ1) is 11.1. The highest BCUT2D eigenvalue weighted by molar-refractivity contribution is 14.1. The normalized spacial score (nSPS) is 12.4. The van der Waals surface area contributed by atoms with Crippen LogP contribution < -0.4 is 0 Å². The first kappa shape index (κ1) is 20.3. The molecule has 0 saturated heterocycles. The molecular weight excluding hydrogens is 536 g/mol. The number of rotatable bonds is 6. The largest absolute Gasteiger partial charge is 0.399 e. The number of halogens is 4. The van der Waals surface area contributed by atoms with Crippen LogP contribution in [0.1, 0.15) is 16.7 Å². The summed E-state index contributed by atoms with van der Waals surface area (Å²) >= 11 is 6.89. The van der Waals surface area contributed by atoms with E-state index in [0.29, 0.717) is 5.75 Å². The van der Waals surface area contributed by atoms with E-state index in [1.807, 2.05) is 24.3 Å². The van der Waals surface area contributed by atoms with E-state index in [4.69, 9.17) is 9.79 Å². The molecule has 0 aliphatic carbocycles. The number of benzene rings is 2. The van der Waals surface area contributed by atoms with Crippen LogP contribution in [0.5, 0.6) is 0 Å². The van der Waals surface area contributed by atoms with E-state index < -0.39 is 18.8 Å². The minimum Gasteiger partial charge on any atom is -0.320 e. The molecule has 0 bridgehead atoms. The van der Waals surface area contributed by atoms with E-state index in [1.54, 1.807) is 11.8 Å². The van der Waals surface area contributed by atoms with Gasteiger partial charge in [0.15, 0.2) is 0 Å².